The molecule has 0 aliphatic heterocycles. The van der Waals surface area contributed by atoms with E-state index in [0.717, 1.165) is 11.1 Å². The Hall–Kier alpha value is -2.19. The van der Waals surface area contributed by atoms with Crippen LogP contribution in [0.1, 0.15) is 51.9 Å². The summed E-state index contributed by atoms with van der Waals surface area (Å²) in [4.78, 5) is 37.0. The maximum Gasteiger partial charge on any atom is 0.349 e. The zero-order valence-corrected chi connectivity index (χ0v) is 17.4. The molecular formula is C19H23NO5S2. The van der Waals surface area contributed by atoms with Crippen LogP contribution in [0, 0.1) is 12.8 Å². The fourth-order valence-electron chi connectivity index (χ4n) is 2.44. The zero-order chi connectivity index (χ0) is 20.0. The zero-order valence-electron chi connectivity index (χ0n) is 15.8. The highest BCUT2D eigenvalue weighted by atomic mass is 32.1. The van der Waals surface area contributed by atoms with Gasteiger partial charge in [0.1, 0.15) is 9.88 Å². The van der Waals surface area contributed by atoms with Crippen LogP contribution in [0.3, 0.4) is 0 Å². The molecule has 0 spiro atoms. The molecule has 0 saturated carbocycles. The summed E-state index contributed by atoms with van der Waals surface area (Å²) in [6, 6.07) is 1.81. The average molecular weight is 410 g/mol. The summed E-state index contributed by atoms with van der Waals surface area (Å²) in [5.41, 5.74) is 2.03. The molecule has 27 heavy (non-hydrogen) atoms. The van der Waals surface area contributed by atoms with Gasteiger partial charge >= 0.3 is 11.9 Å². The number of carbonyl (C=O) groups excluding carboxylic acids is 3. The van der Waals surface area contributed by atoms with Crippen molar-refractivity contribution < 1.29 is 23.9 Å². The second-order valence-corrected chi connectivity index (χ2v) is 8.14. The van der Waals surface area contributed by atoms with Crippen molar-refractivity contribution in [3.8, 4) is 0 Å². The van der Waals surface area contributed by atoms with Crippen molar-refractivity contribution >= 4 is 45.5 Å². The van der Waals surface area contributed by atoms with Gasteiger partial charge in [0.25, 0.3) is 5.91 Å². The number of nitrogens with one attached hydrogen (secondary N) is 1. The highest BCUT2D eigenvalue weighted by Crippen LogP contribution is 2.31. The van der Waals surface area contributed by atoms with Crippen LogP contribution in [0.5, 0.6) is 0 Å². The predicted octanol–water partition coefficient (Wildman–Crippen LogP) is 4.29. The normalized spacial score (nSPS) is 10.7. The van der Waals surface area contributed by atoms with Crippen LogP contribution in [0.25, 0.3) is 0 Å². The second kappa shape index (κ2) is 9.66. The second-order valence-electron chi connectivity index (χ2n) is 6.34. The number of amides is 1. The summed E-state index contributed by atoms with van der Waals surface area (Å²) >= 11 is 2.53. The third-order valence-electron chi connectivity index (χ3n) is 3.61. The molecule has 2 heterocycles. The maximum absolute atomic E-state index is 12.3. The van der Waals surface area contributed by atoms with Crippen LogP contribution in [-0.2, 0) is 20.7 Å². The van der Waals surface area contributed by atoms with E-state index in [1.54, 1.807) is 19.2 Å². The topological polar surface area (TPSA) is 81.7 Å². The summed E-state index contributed by atoms with van der Waals surface area (Å²) in [5.74, 6) is -1.14. The molecule has 0 aliphatic carbocycles. The molecule has 0 saturated heterocycles. The predicted molar refractivity (Wildman–Crippen MR) is 107 cm³/mol. The Labute approximate surface area is 166 Å². The number of aryl methyl sites for hydroxylation is 1. The van der Waals surface area contributed by atoms with Crippen LogP contribution >= 0.6 is 22.7 Å². The van der Waals surface area contributed by atoms with Gasteiger partial charge in [0.05, 0.1) is 12.2 Å². The first-order chi connectivity index (χ1) is 12.8. The molecule has 0 aromatic carbocycles. The van der Waals surface area contributed by atoms with E-state index in [0.29, 0.717) is 27.8 Å². The molecule has 0 atom stereocenters. The van der Waals surface area contributed by atoms with Gasteiger partial charge in [0.15, 0.2) is 6.61 Å². The first-order valence-corrected chi connectivity index (χ1v) is 10.4. The van der Waals surface area contributed by atoms with Crippen LogP contribution in [0.4, 0.5) is 5.00 Å². The number of ether oxygens (including phenoxy) is 2. The molecule has 2 aromatic heterocycles. The Bertz CT molecular complexity index is 822. The SMILES string of the molecule is CCOC(=O)c1c(CC(C)C)csc1NC(=O)COC(=O)c1sccc1C. The monoisotopic (exact) mass is 409 g/mol. The first kappa shape index (κ1) is 21.1. The summed E-state index contributed by atoms with van der Waals surface area (Å²) in [6.07, 6.45) is 0.702. The van der Waals surface area contributed by atoms with Crippen LogP contribution in [-0.4, -0.2) is 31.1 Å². The lowest BCUT2D eigenvalue weighted by Gasteiger charge is -2.10. The molecule has 0 fully saturated rings. The van der Waals surface area contributed by atoms with Crippen LogP contribution in [0.15, 0.2) is 16.8 Å². The number of rotatable bonds is 8. The number of anilines is 1. The summed E-state index contributed by atoms with van der Waals surface area (Å²) in [7, 11) is 0. The Kier molecular flexibility index (Phi) is 7.55. The van der Waals surface area contributed by atoms with Crippen molar-refractivity contribution in [1.82, 2.24) is 0 Å². The van der Waals surface area contributed by atoms with Crippen molar-refractivity contribution in [3.63, 3.8) is 0 Å². The van der Waals surface area contributed by atoms with Gasteiger partial charge in [0.2, 0.25) is 0 Å². The highest BCUT2D eigenvalue weighted by molar-refractivity contribution is 7.15. The Morgan fingerprint density at radius 1 is 1.15 bits per heavy atom. The number of carbonyl (C=O) groups is 3. The minimum Gasteiger partial charge on any atom is -0.462 e. The van der Waals surface area contributed by atoms with E-state index in [1.165, 1.54) is 22.7 Å². The summed E-state index contributed by atoms with van der Waals surface area (Å²) in [5, 5.41) is 6.72. The Balaban J connectivity index is 2.06. The van der Waals surface area contributed by atoms with Gasteiger partial charge in [0, 0.05) is 0 Å². The van der Waals surface area contributed by atoms with Crippen LogP contribution in [0.2, 0.25) is 0 Å². The molecular weight excluding hydrogens is 386 g/mol. The molecule has 2 aromatic rings. The fraction of sp³-hybridized carbons (Fsp3) is 0.421. The van der Waals surface area contributed by atoms with E-state index in [1.807, 2.05) is 11.4 Å². The van der Waals surface area contributed by atoms with Crippen molar-refractivity contribution in [2.75, 3.05) is 18.5 Å². The molecule has 146 valence electrons. The lowest BCUT2D eigenvalue weighted by molar-refractivity contribution is -0.119. The van der Waals surface area contributed by atoms with Gasteiger partial charge in [-0.25, -0.2) is 9.59 Å². The van der Waals surface area contributed by atoms with E-state index in [4.69, 9.17) is 9.47 Å². The smallest absolute Gasteiger partial charge is 0.349 e. The third kappa shape index (κ3) is 5.64. The summed E-state index contributed by atoms with van der Waals surface area (Å²) in [6.45, 7) is 7.47. The number of thiophene rings is 2. The molecule has 6 nitrogen and oxygen atoms in total. The van der Waals surface area contributed by atoms with E-state index < -0.39 is 24.5 Å². The van der Waals surface area contributed by atoms with Gasteiger partial charge in [-0.3, -0.25) is 4.79 Å². The lowest BCUT2D eigenvalue weighted by Crippen LogP contribution is -2.22. The minimum absolute atomic E-state index is 0.251. The molecule has 8 heteroatoms. The van der Waals surface area contributed by atoms with Crippen molar-refractivity contribution in [2.24, 2.45) is 5.92 Å². The van der Waals surface area contributed by atoms with Gasteiger partial charge in [-0.1, -0.05) is 13.8 Å². The molecule has 1 N–H and O–H groups in total. The van der Waals surface area contributed by atoms with Crippen molar-refractivity contribution in [3.05, 3.63) is 38.4 Å². The maximum atomic E-state index is 12.3. The fourth-order valence-corrected chi connectivity index (χ4v) is 4.24. The molecule has 2 rings (SSSR count). The average Bonchev–Trinajstić information content (AvgIpc) is 3.19. The largest absolute Gasteiger partial charge is 0.462 e. The van der Waals surface area contributed by atoms with Gasteiger partial charge in [-0.2, -0.15) is 0 Å². The Morgan fingerprint density at radius 3 is 2.48 bits per heavy atom. The highest BCUT2D eigenvalue weighted by Gasteiger charge is 2.23. The standard InChI is InChI=1S/C19H23NO5S2/c1-5-24-18(22)15-13(8-11(2)3)10-27-17(15)20-14(21)9-25-19(23)16-12(4)6-7-26-16/h6-7,10-11H,5,8-9H2,1-4H3,(H,20,21). The molecule has 0 unspecified atom stereocenters. The van der Waals surface area contributed by atoms with E-state index in [9.17, 15) is 14.4 Å². The number of hydrogen-bond acceptors (Lipinski definition) is 7. The minimum atomic E-state index is -0.532. The molecule has 0 aliphatic rings. The van der Waals surface area contributed by atoms with Gasteiger partial charge < -0.3 is 14.8 Å². The van der Waals surface area contributed by atoms with E-state index in [2.05, 4.69) is 19.2 Å². The van der Waals surface area contributed by atoms with Crippen molar-refractivity contribution in [2.45, 2.75) is 34.1 Å². The first-order valence-electron chi connectivity index (χ1n) is 8.62. The van der Waals surface area contributed by atoms with Gasteiger partial charge in [-0.05, 0) is 54.1 Å². The molecule has 1 amide bonds. The lowest BCUT2D eigenvalue weighted by atomic mass is 10.0. The Morgan fingerprint density at radius 2 is 1.89 bits per heavy atom. The molecule has 0 bridgehead atoms. The quantitative estimate of drug-likeness (QED) is 0.658. The third-order valence-corrected chi connectivity index (χ3v) is 5.55. The van der Waals surface area contributed by atoms with Gasteiger partial charge in [-0.15, -0.1) is 22.7 Å². The van der Waals surface area contributed by atoms with E-state index in [-0.39, 0.29) is 6.61 Å². The van der Waals surface area contributed by atoms with Crippen molar-refractivity contribution in [1.29, 1.82) is 0 Å². The van der Waals surface area contributed by atoms with E-state index >= 15 is 0 Å². The van der Waals surface area contributed by atoms with Crippen LogP contribution < -0.4 is 5.32 Å². The summed E-state index contributed by atoms with van der Waals surface area (Å²) < 4.78 is 10.2. The number of esters is 2. The molecule has 0 radical (unpaired) electrons. The number of hydrogen-bond donors (Lipinski definition) is 1.